The summed E-state index contributed by atoms with van der Waals surface area (Å²) < 4.78 is 11.1. The van der Waals surface area contributed by atoms with Crippen molar-refractivity contribution < 1.29 is 19.4 Å². The Morgan fingerprint density at radius 3 is 2.52 bits per heavy atom. The number of rotatable bonds is 4. The van der Waals surface area contributed by atoms with Gasteiger partial charge in [0.05, 0.1) is 13.2 Å². The molecule has 2 aromatic rings. The number of benzene rings is 2. The molecule has 23 heavy (non-hydrogen) atoms. The molecule has 2 atom stereocenters. The highest BCUT2D eigenvalue weighted by Gasteiger charge is 2.28. The maximum Gasteiger partial charge on any atom is 0.150 e. The Balaban J connectivity index is 1.92. The maximum absolute atomic E-state index is 11.0. The predicted molar refractivity (Wildman–Crippen MR) is 88.0 cm³/mol. The summed E-state index contributed by atoms with van der Waals surface area (Å²) in [6.45, 7) is 4.76. The second-order valence-corrected chi connectivity index (χ2v) is 5.94. The third kappa shape index (κ3) is 3.28. The molecule has 4 heteroatoms. The summed E-state index contributed by atoms with van der Waals surface area (Å²) in [7, 11) is 0. The highest BCUT2D eigenvalue weighted by atomic mass is 16.6. The number of aliphatic hydroxyl groups is 1. The minimum Gasteiger partial charge on any atom is -0.485 e. The first-order valence-electron chi connectivity index (χ1n) is 7.68. The van der Waals surface area contributed by atoms with Crippen molar-refractivity contribution in [2.24, 2.45) is 0 Å². The van der Waals surface area contributed by atoms with Gasteiger partial charge in [-0.05, 0) is 54.3 Å². The van der Waals surface area contributed by atoms with Gasteiger partial charge in [-0.25, -0.2) is 0 Å². The van der Waals surface area contributed by atoms with Crippen LogP contribution in [0.1, 0.15) is 21.5 Å². The number of aryl methyl sites for hydroxylation is 2. The third-order valence-corrected chi connectivity index (χ3v) is 4.10. The lowest BCUT2D eigenvalue weighted by molar-refractivity contribution is 0.0733. The van der Waals surface area contributed by atoms with Crippen LogP contribution in [0.5, 0.6) is 5.75 Å². The molecule has 3 rings (SSSR count). The smallest absolute Gasteiger partial charge is 0.150 e. The van der Waals surface area contributed by atoms with E-state index in [2.05, 4.69) is 0 Å². The summed E-state index contributed by atoms with van der Waals surface area (Å²) in [5.74, 6) is 0.727. The van der Waals surface area contributed by atoms with E-state index in [1.165, 1.54) is 0 Å². The van der Waals surface area contributed by atoms with Crippen molar-refractivity contribution >= 4 is 6.29 Å². The van der Waals surface area contributed by atoms with Crippen LogP contribution in [0.2, 0.25) is 0 Å². The molecule has 2 unspecified atom stereocenters. The van der Waals surface area contributed by atoms with Crippen LogP contribution in [0.25, 0.3) is 11.1 Å². The predicted octanol–water partition coefficient (Wildman–Crippen LogP) is 2.92. The van der Waals surface area contributed by atoms with Gasteiger partial charge in [-0.15, -0.1) is 0 Å². The number of carbonyl (C=O) groups is 1. The van der Waals surface area contributed by atoms with Gasteiger partial charge >= 0.3 is 0 Å². The van der Waals surface area contributed by atoms with Gasteiger partial charge in [0, 0.05) is 5.56 Å². The fraction of sp³-hybridized carbons (Fsp3) is 0.316. The van der Waals surface area contributed by atoms with Gasteiger partial charge in [0.25, 0.3) is 0 Å². The van der Waals surface area contributed by atoms with Crippen LogP contribution in [-0.2, 0) is 4.74 Å². The first-order chi connectivity index (χ1) is 11.1. The van der Waals surface area contributed by atoms with Gasteiger partial charge in [-0.3, -0.25) is 4.79 Å². The molecule has 1 aliphatic rings. The fourth-order valence-electron chi connectivity index (χ4n) is 3.03. The van der Waals surface area contributed by atoms with Gasteiger partial charge < -0.3 is 14.6 Å². The van der Waals surface area contributed by atoms with E-state index in [-0.39, 0.29) is 6.10 Å². The molecule has 0 aromatic heterocycles. The van der Waals surface area contributed by atoms with Crippen LogP contribution in [-0.4, -0.2) is 36.8 Å². The number of aliphatic hydroxyl groups excluding tert-OH is 1. The van der Waals surface area contributed by atoms with Crippen molar-refractivity contribution in [1.29, 1.82) is 0 Å². The van der Waals surface area contributed by atoms with Crippen molar-refractivity contribution in [2.45, 2.75) is 26.1 Å². The van der Waals surface area contributed by atoms with E-state index < -0.39 is 6.10 Å². The molecule has 0 bridgehead atoms. The van der Waals surface area contributed by atoms with E-state index in [4.69, 9.17) is 9.47 Å². The molecule has 1 saturated heterocycles. The molecular weight excluding hydrogens is 292 g/mol. The molecule has 0 aliphatic carbocycles. The Morgan fingerprint density at radius 1 is 1.17 bits per heavy atom. The first kappa shape index (κ1) is 15.7. The zero-order chi connectivity index (χ0) is 16.4. The zero-order valence-electron chi connectivity index (χ0n) is 13.3. The zero-order valence-corrected chi connectivity index (χ0v) is 13.3. The topological polar surface area (TPSA) is 55.8 Å². The summed E-state index contributed by atoms with van der Waals surface area (Å²) in [4.78, 5) is 11.0. The molecule has 0 saturated carbocycles. The second-order valence-electron chi connectivity index (χ2n) is 5.94. The van der Waals surface area contributed by atoms with Crippen LogP contribution in [0.15, 0.2) is 36.4 Å². The lowest BCUT2D eigenvalue weighted by Crippen LogP contribution is -2.29. The van der Waals surface area contributed by atoms with Crippen molar-refractivity contribution in [1.82, 2.24) is 0 Å². The quantitative estimate of drug-likeness (QED) is 0.882. The maximum atomic E-state index is 11.0. The number of hydrogen-bond acceptors (Lipinski definition) is 4. The van der Waals surface area contributed by atoms with E-state index in [1.54, 1.807) is 6.07 Å². The summed E-state index contributed by atoms with van der Waals surface area (Å²) in [6, 6.07) is 11.5. The standard InChI is InChI=1S/C19H20O4/c1-12-6-16(23-18-11-22-10-17(18)21)7-13(2)19(12)15-5-3-4-14(8-15)9-20/h3-9,17-18,21H,10-11H2,1-2H3. The van der Waals surface area contributed by atoms with Gasteiger partial charge in [0.1, 0.15) is 24.2 Å². The van der Waals surface area contributed by atoms with E-state index in [0.29, 0.717) is 18.8 Å². The fourth-order valence-corrected chi connectivity index (χ4v) is 3.03. The van der Waals surface area contributed by atoms with E-state index in [1.807, 2.05) is 44.2 Å². The number of ether oxygens (including phenoxy) is 2. The van der Waals surface area contributed by atoms with E-state index in [9.17, 15) is 9.90 Å². The first-order valence-corrected chi connectivity index (χ1v) is 7.68. The average Bonchev–Trinajstić information content (AvgIpc) is 2.92. The molecule has 2 aromatic carbocycles. The van der Waals surface area contributed by atoms with Gasteiger partial charge in [-0.2, -0.15) is 0 Å². The molecule has 120 valence electrons. The lowest BCUT2D eigenvalue weighted by Gasteiger charge is -2.18. The van der Waals surface area contributed by atoms with E-state index in [0.717, 1.165) is 34.3 Å². The van der Waals surface area contributed by atoms with Crippen LogP contribution < -0.4 is 4.74 Å². The van der Waals surface area contributed by atoms with Gasteiger partial charge in [0.2, 0.25) is 0 Å². The summed E-state index contributed by atoms with van der Waals surface area (Å²) in [5, 5.41) is 9.80. The van der Waals surface area contributed by atoms with Crippen LogP contribution in [0, 0.1) is 13.8 Å². The number of aldehydes is 1. The Kier molecular flexibility index (Phi) is 4.46. The molecule has 4 nitrogen and oxygen atoms in total. The summed E-state index contributed by atoms with van der Waals surface area (Å²) in [5.41, 5.74) is 4.91. The molecule has 1 aliphatic heterocycles. The van der Waals surface area contributed by atoms with Crippen molar-refractivity contribution in [3.63, 3.8) is 0 Å². The Labute approximate surface area is 135 Å². The molecule has 0 spiro atoms. The Hall–Kier alpha value is -2.17. The Bertz CT molecular complexity index is 700. The van der Waals surface area contributed by atoms with Crippen molar-refractivity contribution in [2.75, 3.05) is 13.2 Å². The monoisotopic (exact) mass is 312 g/mol. The van der Waals surface area contributed by atoms with Crippen molar-refractivity contribution in [3.05, 3.63) is 53.1 Å². The van der Waals surface area contributed by atoms with Gasteiger partial charge in [0.15, 0.2) is 0 Å². The van der Waals surface area contributed by atoms with Crippen LogP contribution in [0.3, 0.4) is 0 Å². The highest BCUT2D eigenvalue weighted by molar-refractivity contribution is 5.80. The third-order valence-electron chi connectivity index (χ3n) is 4.10. The largest absolute Gasteiger partial charge is 0.485 e. The summed E-state index contributed by atoms with van der Waals surface area (Å²) >= 11 is 0. The normalized spacial score (nSPS) is 20.5. The van der Waals surface area contributed by atoms with Crippen LogP contribution >= 0.6 is 0 Å². The molecule has 1 heterocycles. The number of hydrogen-bond donors (Lipinski definition) is 1. The molecule has 0 amide bonds. The molecule has 1 N–H and O–H groups in total. The SMILES string of the molecule is Cc1cc(OC2COCC2O)cc(C)c1-c1cccc(C=O)c1. The molecule has 0 radical (unpaired) electrons. The van der Waals surface area contributed by atoms with Crippen LogP contribution in [0.4, 0.5) is 0 Å². The minimum absolute atomic E-state index is 0.319. The number of carbonyl (C=O) groups excluding carboxylic acids is 1. The lowest BCUT2D eigenvalue weighted by atomic mass is 9.94. The van der Waals surface area contributed by atoms with E-state index >= 15 is 0 Å². The molecule has 1 fully saturated rings. The Morgan fingerprint density at radius 2 is 1.91 bits per heavy atom. The van der Waals surface area contributed by atoms with Gasteiger partial charge in [-0.1, -0.05) is 18.2 Å². The molecular formula is C19H20O4. The summed E-state index contributed by atoms with van der Waals surface area (Å²) in [6.07, 6.45) is -0.0507. The minimum atomic E-state index is -0.584. The average molecular weight is 312 g/mol. The highest BCUT2D eigenvalue weighted by Crippen LogP contribution is 2.32. The second kappa shape index (κ2) is 6.52. The van der Waals surface area contributed by atoms with Crippen molar-refractivity contribution in [3.8, 4) is 16.9 Å².